The van der Waals surface area contributed by atoms with Crippen molar-refractivity contribution >= 4 is 27.7 Å². The molecular formula is C16H19BrO5. The third-order valence-corrected chi connectivity index (χ3v) is 3.72. The van der Waals surface area contributed by atoms with Crippen molar-refractivity contribution in [3.63, 3.8) is 0 Å². The molecule has 0 aliphatic heterocycles. The van der Waals surface area contributed by atoms with Crippen LogP contribution in [0.3, 0.4) is 0 Å². The van der Waals surface area contributed by atoms with Crippen LogP contribution in [0.15, 0.2) is 34.5 Å². The molecule has 1 rings (SSSR count). The lowest BCUT2D eigenvalue weighted by molar-refractivity contribution is -0.138. The lowest BCUT2D eigenvalue weighted by Gasteiger charge is -2.08. The molecule has 1 aromatic carbocycles. The number of aryl methyl sites for hydroxylation is 1. The molecule has 0 spiro atoms. The van der Waals surface area contributed by atoms with E-state index in [-0.39, 0.29) is 17.8 Å². The van der Waals surface area contributed by atoms with E-state index < -0.39 is 5.97 Å². The molecule has 0 radical (unpaired) electrons. The number of carbonyl (C=O) groups excluding carboxylic acids is 2. The second-order valence-corrected chi connectivity index (χ2v) is 5.21. The van der Waals surface area contributed by atoms with Crippen LogP contribution < -0.4 is 4.74 Å². The Kier molecular flexibility index (Phi) is 7.66. The topological polar surface area (TPSA) is 61.8 Å². The molecule has 0 atom stereocenters. The van der Waals surface area contributed by atoms with Gasteiger partial charge in [0.1, 0.15) is 17.6 Å². The molecule has 0 N–H and O–H groups in total. The molecule has 0 heterocycles. The number of hydrogen-bond donors (Lipinski definition) is 0. The van der Waals surface area contributed by atoms with Crippen molar-refractivity contribution in [1.29, 1.82) is 0 Å². The van der Waals surface area contributed by atoms with Gasteiger partial charge in [-0.2, -0.15) is 0 Å². The van der Waals surface area contributed by atoms with E-state index in [9.17, 15) is 9.59 Å². The maximum Gasteiger partial charge on any atom is 0.344 e. The number of methoxy groups -OCH3 is 2. The SMILES string of the molecule is CCO/C=C(/C(=O)CCc1cc(OC)ccc1Br)C(=O)OC. The number of esters is 1. The summed E-state index contributed by atoms with van der Waals surface area (Å²) in [6, 6.07) is 5.53. The molecule has 5 nitrogen and oxygen atoms in total. The Morgan fingerprint density at radius 3 is 2.59 bits per heavy atom. The van der Waals surface area contributed by atoms with Crippen molar-refractivity contribution in [1.82, 2.24) is 0 Å². The molecule has 22 heavy (non-hydrogen) atoms. The highest BCUT2D eigenvalue weighted by atomic mass is 79.9. The van der Waals surface area contributed by atoms with Gasteiger partial charge in [0.05, 0.1) is 20.8 Å². The van der Waals surface area contributed by atoms with Crippen LogP contribution in [0.4, 0.5) is 0 Å². The van der Waals surface area contributed by atoms with Crippen LogP contribution in [0.25, 0.3) is 0 Å². The van der Waals surface area contributed by atoms with E-state index in [0.29, 0.717) is 18.8 Å². The normalized spacial score (nSPS) is 11.0. The molecule has 120 valence electrons. The fourth-order valence-electron chi connectivity index (χ4n) is 1.76. The summed E-state index contributed by atoms with van der Waals surface area (Å²) in [5, 5.41) is 0. The van der Waals surface area contributed by atoms with Crippen LogP contribution in [0.5, 0.6) is 5.75 Å². The third kappa shape index (κ3) is 5.18. The average molecular weight is 371 g/mol. The van der Waals surface area contributed by atoms with Gasteiger partial charge in [-0.25, -0.2) is 4.79 Å². The minimum Gasteiger partial charge on any atom is -0.500 e. The summed E-state index contributed by atoms with van der Waals surface area (Å²) < 4.78 is 15.7. The summed E-state index contributed by atoms with van der Waals surface area (Å²) in [5.74, 6) is -0.304. The zero-order valence-electron chi connectivity index (χ0n) is 12.8. The molecule has 0 unspecified atom stereocenters. The maximum atomic E-state index is 12.2. The van der Waals surface area contributed by atoms with Crippen LogP contribution >= 0.6 is 15.9 Å². The van der Waals surface area contributed by atoms with E-state index in [1.54, 1.807) is 14.0 Å². The van der Waals surface area contributed by atoms with Gasteiger partial charge in [0, 0.05) is 10.9 Å². The van der Waals surface area contributed by atoms with Gasteiger partial charge in [0.15, 0.2) is 5.78 Å². The number of ether oxygens (including phenoxy) is 3. The maximum absolute atomic E-state index is 12.2. The van der Waals surface area contributed by atoms with Crippen molar-refractivity contribution in [3.8, 4) is 5.75 Å². The minimum atomic E-state index is -0.692. The highest BCUT2D eigenvalue weighted by Gasteiger charge is 2.19. The number of rotatable bonds is 8. The van der Waals surface area contributed by atoms with E-state index >= 15 is 0 Å². The first-order valence-corrected chi connectivity index (χ1v) is 7.58. The van der Waals surface area contributed by atoms with Crippen LogP contribution in [-0.4, -0.2) is 32.6 Å². The first-order valence-electron chi connectivity index (χ1n) is 6.79. The molecule has 6 heteroatoms. The highest BCUT2D eigenvalue weighted by Crippen LogP contribution is 2.24. The molecule has 0 fully saturated rings. The zero-order chi connectivity index (χ0) is 16.5. The van der Waals surface area contributed by atoms with Crippen LogP contribution in [0.1, 0.15) is 18.9 Å². The Morgan fingerprint density at radius 1 is 1.27 bits per heavy atom. The monoisotopic (exact) mass is 370 g/mol. The van der Waals surface area contributed by atoms with Gasteiger partial charge in [-0.1, -0.05) is 15.9 Å². The van der Waals surface area contributed by atoms with E-state index in [4.69, 9.17) is 9.47 Å². The second kappa shape index (κ2) is 9.25. The van der Waals surface area contributed by atoms with E-state index in [1.165, 1.54) is 7.11 Å². The first kappa shape index (κ1) is 18.2. The van der Waals surface area contributed by atoms with E-state index in [1.807, 2.05) is 18.2 Å². The van der Waals surface area contributed by atoms with Crippen molar-refractivity contribution in [2.75, 3.05) is 20.8 Å². The number of halogens is 1. The van der Waals surface area contributed by atoms with Crippen LogP contribution in [0.2, 0.25) is 0 Å². The largest absolute Gasteiger partial charge is 0.500 e. The molecule has 0 amide bonds. The summed E-state index contributed by atoms with van der Waals surface area (Å²) in [6.07, 6.45) is 1.80. The van der Waals surface area contributed by atoms with Crippen molar-refractivity contribution in [2.24, 2.45) is 0 Å². The number of ketones is 1. The molecule has 0 bridgehead atoms. The Hall–Kier alpha value is -1.82. The number of benzene rings is 1. The molecule has 0 saturated heterocycles. The zero-order valence-corrected chi connectivity index (χ0v) is 14.4. The molecule has 1 aromatic rings. The second-order valence-electron chi connectivity index (χ2n) is 4.36. The first-order chi connectivity index (χ1) is 10.5. The van der Waals surface area contributed by atoms with Crippen LogP contribution in [0, 0.1) is 0 Å². The smallest absolute Gasteiger partial charge is 0.344 e. The fraction of sp³-hybridized carbons (Fsp3) is 0.375. The van der Waals surface area contributed by atoms with Crippen molar-refractivity contribution in [2.45, 2.75) is 19.8 Å². The Balaban J connectivity index is 2.80. The van der Waals surface area contributed by atoms with Gasteiger partial charge < -0.3 is 14.2 Å². The Labute approximate surface area is 138 Å². The molecule has 0 aliphatic carbocycles. The van der Waals surface area contributed by atoms with Gasteiger partial charge in [0.2, 0.25) is 0 Å². The number of hydrogen-bond acceptors (Lipinski definition) is 5. The highest BCUT2D eigenvalue weighted by molar-refractivity contribution is 9.10. The summed E-state index contributed by atoms with van der Waals surface area (Å²) in [4.78, 5) is 23.8. The standard InChI is InChI=1S/C16H19BrO5/c1-4-22-10-13(16(19)21-3)15(18)8-5-11-9-12(20-2)6-7-14(11)17/h6-7,9-10H,4-5,8H2,1-3H3/b13-10-. The lowest BCUT2D eigenvalue weighted by Crippen LogP contribution is -2.15. The number of Topliss-reactive ketones (excluding diaryl/α,β-unsaturated/α-hetero) is 1. The number of carbonyl (C=O) groups is 2. The van der Waals surface area contributed by atoms with Gasteiger partial charge >= 0.3 is 5.97 Å². The van der Waals surface area contributed by atoms with Crippen molar-refractivity contribution in [3.05, 3.63) is 40.1 Å². The Bertz CT molecular complexity index is 566. The average Bonchev–Trinajstić information content (AvgIpc) is 2.54. The summed E-state index contributed by atoms with van der Waals surface area (Å²) in [5.41, 5.74) is 0.844. The quantitative estimate of drug-likeness (QED) is 0.231. The molecular weight excluding hydrogens is 352 g/mol. The fourth-order valence-corrected chi connectivity index (χ4v) is 2.20. The van der Waals surface area contributed by atoms with Crippen molar-refractivity contribution < 1.29 is 23.8 Å². The van der Waals surface area contributed by atoms with Gasteiger partial charge in [-0.15, -0.1) is 0 Å². The molecule has 0 aliphatic rings. The molecule has 0 aromatic heterocycles. The predicted octanol–water partition coefficient (Wildman–Crippen LogP) is 3.05. The summed E-state index contributed by atoms with van der Waals surface area (Å²) >= 11 is 3.43. The van der Waals surface area contributed by atoms with E-state index in [2.05, 4.69) is 20.7 Å². The van der Waals surface area contributed by atoms with Crippen LogP contribution in [-0.2, 0) is 25.5 Å². The Morgan fingerprint density at radius 2 is 2.00 bits per heavy atom. The van der Waals surface area contributed by atoms with Gasteiger partial charge in [0.25, 0.3) is 0 Å². The van der Waals surface area contributed by atoms with Gasteiger partial charge in [-0.05, 0) is 37.1 Å². The third-order valence-electron chi connectivity index (χ3n) is 2.95. The minimum absolute atomic E-state index is 0.0802. The summed E-state index contributed by atoms with van der Waals surface area (Å²) in [7, 11) is 2.81. The summed E-state index contributed by atoms with van der Waals surface area (Å²) in [6.45, 7) is 2.14. The molecule has 0 saturated carbocycles. The predicted molar refractivity (Wildman–Crippen MR) is 85.7 cm³/mol. The lowest BCUT2D eigenvalue weighted by atomic mass is 10.0. The van der Waals surface area contributed by atoms with Gasteiger partial charge in [-0.3, -0.25) is 4.79 Å². The van der Waals surface area contributed by atoms with E-state index in [0.717, 1.165) is 16.3 Å².